The maximum absolute atomic E-state index is 13.4. The predicted molar refractivity (Wildman–Crippen MR) is 135 cm³/mol. The zero-order valence-corrected chi connectivity index (χ0v) is 22.0. The fourth-order valence-corrected chi connectivity index (χ4v) is 3.30. The number of amidine groups is 1. The van der Waals surface area contributed by atoms with E-state index in [1.54, 1.807) is 6.07 Å². The molecule has 11 nitrogen and oxygen atoms in total. The van der Waals surface area contributed by atoms with E-state index in [9.17, 15) is 40.3 Å². The van der Waals surface area contributed by atoms with Crippen molar-refractivity contribution in [2.45, 2.75) is 50.2 Å². The lowest BCUT2D eigenvalue weighted by molar-refractivity contribution is -0.193. The third-order valence-corrected chi connectivity index (χ3v) is 5.19. The molecule has 1 aromatic rings. The normalized spacial score (nSPS) is 16.3. The molecular weight excluding hydrogens is 601 g/mol. The van der Waals surface area contributed by atoms with Crippen molar-refractivity contribution in [2.24, 2.45) is 4.99 Å². The molecule has 2 atom stereocenters. The summed E-state index contributed by atoms with van der Waals surface area (Å²) < 4.78 is 76.9. The number of benzene rings is 1. The number of alkyl halides is 6. The van der Waals surface area contributed by atoms with Crippen molar-refractivity contribution in [3.05, 3.63) is 59.4 Å². The molecule has 0 spiro atoms. The number of hydrogen-bond acceptors (Lipinski definition) is 7. The molecule has 2 heterocycles. The zero-order valence-electron chi connectivity index (χ0n) is 22.0. The summed E-state index contributed by atoms with van der Waals surface area (Å²) in [6.45, 7) is 1.39. The van der Waals surface area contributed by atoms with Crippen LogP contribution in [0.3, 0.4) is 0 Å². The minimum atomic E-state index is -5.08. The Kier molecular flexibility index (Phi) is 14.3. The highest BCUT2D eigenvalue weighted by Gasteiger charge is 2.38. The Labute approximate surface area is 239 Å². The fraction of sp³-hybridized carbons (Fsp3) is 0.400. The number of carbonyl (C=O) groups is 4. The number of nitrogens with zero attached hydrogens (tertiary/aromatic N) is 1. The number of aliphatic carboxylic acids is 3. The minimum Gasteiger partial charge on any atom is -0.481 e. The standard InChI is InChI=1S/C21H25FN4O3.2C2HF3O2/c22-16-6-1-4-15(12-16)17(13-20(28)29)25-19(27)7-3-10-23-18-9-8-14-5-2-11-24-21(14)26-18;2*3-2(4,5)1(6)7/h1,4-6,8-9,12,17-18,23H,2-3,7,10-11,13H2,(H,24,26)(H,25,27)(H,28,29);2*(H,6,7). The van der Waals surface area contributed by atoms with Gasteiger partial charge in [0.15, 0.2) is 0 Å². The molecule has 1 aromatic carbocycles. The van der Waals surface area contributed by atoms with E-state index in [4.69, 9.17) is 24.9 Å². The number of carboxylic acid groups (broad SMARTS) is 3. The van der Waals surface area contributed by atoms with E-state index >= 15 is 0 Å². The molecule has 18 heteroatoms. The number of amides is 1. The summed E-state index contributed by atoms with van der Waals surface area (Å²) in [4.78, 5) is 45.6. The average Bonchev–Trinajstić information content (AvgIpc) is 2.90. The van der Waals surface area contributed by atoms with Crippen LogP contribution in [0.5, 0.6) is 0 Å². The van der Waals surface area contributed by atoms with E-state index in [-0.39, 0.29) is 24.9 Å². The van der Waals surface area contributed by atoms with Gasteiger partial charge in [0.05, 0.1) is 18.6 Å². The molecule has 0 radical (unpaired) electrons. The minimum absolute atomic E-state index is 0.0425. The number of carboxylic acids is 3. The molecule has 2 aliphatic rings. The first-order valence-electron chi connectivity index (χ1n) is 12.2. The Morgan fingerprint density at radius 2 is 1.63 bits per heavy atom. The molecule has 1 amide bonds. The lowest BCUT2D eigenvalue weighted by Crippen LogP contribution is -2.47. The van der Waals surface area contributed by atoms with Gasteiger partial charge in [-0.2, -0.15) is 26.3 Å². The van der Waals surface area contributed by atoms with Gasteiger partial charge in [-0.05, 0) is 43.2 Å². The quantitative estimate of drug-likeness (QED) is 0.177. The summed E-state index contributed by atoms with van der Waals surface area (Å²) in [7, 11) is 0. The maximum Gasteiger partial charge on any atom is 0.490 e. The van der Waals surface area contributed by atoms with Gasteiger partial charge in [0.1, 0.15) is 11.7 Å². The van der Waals surface area contributed by atoms with E-state index in [2.05, 4.69) is 27.0 Å². The molecule has 43 heavy (non-hydrogen) atoms. The van der Waals surface area contributed by atoms with Gasteiger partial charge in [-0.15, -0.1) is 0 Å². The Bertz CT molecular complexity index is 1210. The highest BCUT2D eigenvalue weighted by molar-refractivity contribution is 6.02. The lowest BCUT2D eigenvalue weighted by Gasteiger charge is -2.25. The van der Waals surface area contributed by atoms with E-state index in [1.807, 2.05) is 12.2 Å². The molecule has 0 saturated carbocycles. The number of hydrogen-bond donors (Lipinski definition) is 6. The van der Waals surface area contributed by atoms with Gasteiger partial charge in [-0.1, -0.05) is 24.3 Å². The first kappa shape index (κ1) is 36.5. The van der Waals surface area contributed by atoms with Crippen molar-refractivity contribution >= 4 is 29.7 Å². The second kappa shape index (κ2) is 16.8. The zero-order chi connectivity index (χ0) is 32.8. The van der Waals surface area contributed by atoms with Gasteiger partial charge in [-0.3, -0.25) is 19.9 Å². The Hall–Kier alpha value is -4.48. The van der Waals surface area contributed by atoms with Gasteiger partial charge in [0.25, 0.3) is 0 Å². The third-order valence-electron chi connectivity index (χ3n) is 5.19. The lowest BCUT2D eigenvalue weighted by atomic mass is 10.0. The molecular formula is C25H27F7N4O7. The summed E-state index contributed by atoms with van der Waals surface area (Å²) in [5.74, 6) is -6.42. The van der Waals surface area contributed by atoms with Crippen LogP contribution in [-0.2, 0) is 19.2 Å². The number of rotatable bonds is 9. The predicted octanol–water partition coefficient (Wildman–Crippen LogP) is 3.31. The van der Waals surface area contributed by atoms with Crippen LogP contribution in [0, 0.1) is 5.82 Å². The number of carbonyl (C=O) groups excluding carboxylic acids is 1. The van der Waals surface area contributed by atoms with Crippen LogP contribution < -0.4 is 16.0 Å². The van der Waals surface area contributed by atoms with Crippen molar-refractivity contribution in [3.8, 4) is 0 Å². The first-order valence-corrected chi connectivity index (χ1v) is 12.2. The van der Waals surface area contributed by atoms with Gasteiger partial charge < -0.3 is 26.0 Å². The third kappa shape index (κ3) is 14.8. The molecule has 238 valence electrons. The molecule has 2 aliphatic heterocycles. The van der Waals surface area contributed by atoms with Crippen LogP contribution in [0.15, 0.2) is 53.1 Å². The highest BCUT2D eigenvalue weighted by Crippen LogP contribution is 2.19. The summed E-state index contributed by atoms with van der Waals surface area (Å²) in [6.07, 6.45) is -2.54. The summed E-state index contributed by atoms with van der Waals surface area (Å²) >= 11 is 0. The van der Waals surface area contributed by atoms with Crippen LogP contribution in [0.1, 0.15) is 37.3 Å². The van der Waals surface area contributed by atoms with Crippen molar-refractivity contribution in [1.29, 1.82) is 0 Å². The Morgan fingerprint density at radius 3 is 2.16 bits per heavy atom. The largest absolute Gasteiger partial charge is 0.490 e. The van der Waals surface area contributed by atoms with E-state index in [0.29, 0.717) is 18.5 Å². The topological polar surface area (TPSA) is 177 Å². The van der Waals surface area contributed by atoms with Crippen LogP contribution in [-0.4, -0.2) is 76.6 Å². The molecule has 0 bridgehead atoms. The van der Waals surface area contributed by atoms with Gasteiger partial charge >= 0.3 is 30.3 Å². The fourth-order valence-electron chi connectivity index (χ4n) is 3.30. The van der Waals surface area contributed by atoms with Crippen molar-refractivity contribution < 1.29 is 65.2 Å². The number of halogens is 7. The van der Waals surface area contributed by atoms with Gasteiger partial charge in [0, 0.05) is 18.5 Å². The SMILES string of the molecule is O=C(O)C(F)(F)F.O=C(O)C(F)(F)F.O=C(O)CC(NC(=O)CCCNC1C=CC2=CCCN=C2N1)c1cccc(F)c1. The van der Waals surface area contributed by atoms with E-state index < -0.39 is 42.1 Å². The Balaban J connectivity index is 0.000000548. The number of fused-ring (bicyclic) bond motifs is 1. The summed E-state index contributed by atoms with van der Waals surface area (Å²) in [5.41, 5.74) is 1.54. The second-order valence-electron chi connectivity index (χ2n) is 8.60. The molecule has 0 fully saturated rings. The van der Waals surface area contributed by atoms with Crippen LogP contribution in [0.4, 0.5) is 30.7 Å². The first-order chi connectivity index (χ1) is 19.9. The number of nitrogens with one attached hydrogen (secondary N) is 3. The number of aliphatic imine (C=N–C) groups is 1. The van der Waals surface area contributed by atoms with Crippen LogP contribution >= 0.6 is 0 Å². The maximum atomic E-state index is 13.4. The highest BCUT2D eigenvalue weighted by atomic mass is 19.4. The molecule has 0 saturated heterocycles. The van der Waals surface area contributed by atoms with Gasteiger partial charge in [0.2, 0.25) is 5.91 Å². The molecule has 2 unspecified atom stereocenters. The van der Waals surface area contributed by atoms with Crippen LogP contribution in [0.25, 0.3) is 0 Å². The molecule has 0 aromatic heterocycles. The summed E-state index contributed by atoms with van der Waals surface area (Å²) in [6, 6.07) is 4.86. The second-order valence-corrected chi connectivity index (χ2v) is 8.60. The van der Waals surface area contributed by atoms with Crippen molar-refractivity contribution in [3.63, 3.8) is 0 Å². The Morgan fingerprint density at radius 1 is 1.02 bits per heavy atom. The summed E-state index contributed by atoms with van der Waals surface area (Å²) in [5, 5.41) is 32.6. The molecule has 6 N–H and O–H groups in total. The molecule has 0 aliphatic carbocycles. The molecule has 3 rings (SSSR count). The van der Waals surface area contributed by atoms with Crippen molar-refractivity contribution in [1.82, 2.24) is 16.0 Å². The van der Waals surface area contributed by atoms with Gasteiger partial charge in [-0.25, -0.2) is 14.0 Å². The monoisotopic (exact) mass is 628 g/mol. The smallest absolute Gasteiger partial charge is 0.481 e. The van der Waals surface area contributed by atoms with Crippen molar-refractivity contribution in [2.75, 3.05) is 13.1 Å². The van der Waals surface area contributed by atoms with Crippen LogP contribution in [0.2, 0.25) is 0 Å². The van der Waals surface area contributed by atoms with E-state index in [0.717, 1.165) is 24.4 Å². The van der Waals surface area contributed by atoms with E-state index in [1.165, 1.54) is 18.2 Å². The number of dihydropyridines is 1. The average molecular weight is 628 g/mol.